The molecule has 1 saturated heterocycles. The molecule has 0 saturated carbocycles. The Morgan fingerprint density at radius 2 is 1.68 bits per heavy atom. The van der Waals surface area contributed by atoms with Crippen LogP contribution in [0.3, 0.4) is 0 Å². The fourth-order valence-corrected chi connectivity index (χ4v) is 3.49. The lowest BCUT2D eigenvalue weighted by Crippen LogP contribution is -2.43. The maximum absolute atomic E-state index is 12.3. The molecule has 0 spiro atoms. The molecule has 0 bridgehead atoms. The Morgan fingerprint density at radius 1 is 1.00 bits per heavy atom. The van der Waals surface area contributed by atoms with Crippen molar-refractivity contribution < 1.29 is 4.79 Å². The first-order valence-corrected chi connectivity index (χ1v) is 9.35. The molecule has 0 atom stereocenters. The Balaban J connectivity index is 1.37. The Hall–Kier alpha value is -1.84. The number of likely N-dealkylation sites (tertiary alicyclic amines) is 1. The molecule has 1 N–H and O–H groups in total. The summed E-state index contributed by atoms with van der Waals surface area (Å²) in [4.78, 5) is 14.3. The second-order valence-corrected chi connectivity index (χ2v) is 7.18. The van der Waals surface area contributed by atoms with Gasteiger partial charge in [0, 0.05) is 24.7 Å². The van der Waals surface area contributed by atoms with E-state index in [0.29, 0.717) is 19.0 Å². The van der Waals surface area contributed by atoms with Crippen LogP contribution >= 0.6 is 11.6 Å². The lowest BCUT2D eigenvalue weighted by Gasteiger charge is -2.32. The van der Waals surface area contributed by atoms with Crippen LogP contribution in [0.15, 0.2) is 54.6 Å². The molecule has 2 aromatic rings. The Labute approximate surface area is 155 Å². The molecule has 0 aliphatic carbocycles. The summed E-state index contributed by atoms with van der Waals surface area (Å²) in [5.74, 6) is 0.889. The highest BCUT2D eigenvalue weighted by molar-refractivity contribution is 6.30. The van der Waals surface area contributed by atoms with Crippen molar-refractivity contribution in [3.05, 3.63) is 70.7 Å². The van der Waals surface area contributed by atoms with Crippen molar-refractivity contribution in [1.82, 2.24) is 10.2 Å². The number of carbonyl (C=O) groups is 1. The molecule has 4 heteroatoms. The summed E-state index contributed by atoms with van der Waals surface area (Å²) in [6.45, 7) is 2.83. The topological polar surface area (TPSA) is 32.3 Å². The van der Waals surface area contributed by atoms with E-state index >= 15 is 0 Å². The van der Waals surface area contributed by atoms with E-state index in [0.717, 1.165) is 42.9 Å². The van der Waals surface area contributed by atoms with Crippen LogP contribution in [0.1, 0.15) is 24.0 Å². The van der Waals surface area contributed by atoms with Crippen LogP contribution in [0.5, 0.6) is 0 Å². The second kappa shape index (κ2) is 9.02. The Morgan fingerprint density at radius 3 is 2.36 bits per heavy atom. The van der Waals surface area contributed by atoms with E-state index < -0.39 is 0 Å². The fraction of sp³-hybridized carbons (Fsp3) is 0.381. The molecule has 1 heterocycles. The summed E-state index contributed by atoms with van der Waals surface area (Å²) < 4.78 is 0. The molecule has 0 aromatic heterocycles. The van der Waals surface area contributed by atoms with Crippen LogP contribution in [0.2, 0.25) is 5.02 Å². The summed E-state index contributed by atoms with van der Waals surface area (Å²) >= 11 is 5.88. The molecule has 1 aliphatic rings. The van der Waals surface area contributed by atoms with Crippen molar-refractivity contribution in [2.24, 2.45) is 5.92 Å². The number of benzene rings is 2. The predicted octanol–water partition coefficient (Wildman–Crippen LogP) is 3.91. The smallest absolute Gasteiger partial charge is 0.236 e. The summed E-state index contributed by atoms with van der Waals surface area (Å²) in [5, 5.41) is 3.97. The number of nitrogens with one attached hydrogen (secondary N) is 1. The number of rotatable bonds is 6. The highest BCUT2D eigenvalue weighted by atomic mass is 35.5. The molecule has 3 rings (SSSR count). The van der Waals surface area contributed by atoms with Crippen LogP contribution in [-0.2, 0) is 17.8 Å². The van der Waals surface area contributed by atoms with E-state index in [1.807, 2.05) is 29.2 Å². The van der Waals surface area contributed by atoms with Crippen LogP contribution in [0, 0.1) is 5.92 Å². The van der Waals surface area contributed by atoms with Gasteiger partial charge in [-0.15, -0.1) is 0 Å². The summed E-state index contributed by atoms with van der Waals surface area (Å²) in [7, 11) is 0. The third-order valence-electron chi connectivity index (χ3n) is 4.85. The molecule has 2 aromatic carbocycles. The number of piperidine rings is 1. The van der Waals surface area contributed by atoms with Gasteiger partial charge in [-0.3, -0.25) is 4.79 Å². The van der Waals surface area contributed by atoms with E-state index in [2.05, 4.69) is 35.6 Å². The van der Waals surface area contributed by atoms with Gasteiger partial charge in [-0.2, -0.15) is 0 Å². The molecule has 1 amide bonds. The van der Waals surface area contributed by atoms with E-state index in [4.69, 9.17) is 11.6 Å². The lowest BCUT2D eigenvalue weighted by atomic mass is 9.90. The minimum Gasteiger partial charge on any atom is -0.342 e. The molecular weight excluding hydrogens is 332 g/mol. The fourth-order valence-electron chi connectivity index (χ4n) is 3.36. The third-order valence-corrected chi connectivity index (χ3v) is 5.11. The summed E-state index contributed by atoms with van der Waals surface area (Å²) in [6, 6.07) is 18.3. The first-order chi connectivity index (χ1) is 12.2. The summed E-state index contributed by atoms with van der Waals surface area (Å²) in [6.07, 6.45) is 3.31. The maximum atomic E-state index is 12.3. The van der Waals surface area contributed by atoms with Crippen LogP contribution in [0.25, 0.3) is 0 Å². The van der Waals surface area contributed by atoms with Crippen LogP contribution in [-0.4, -0.2) is 30.4 Å². The van der Waals surface area contributed by atoms with Crippen molar-refractivity contribution in [2.45, 2.75) is 25.8 Å². The normalized spacial score (nSPS) is 15.3. The number of halogens is 1. The molecule has 1 aliphatic heterocycles. The van der Waals surface area contributed by atoms with Gasteiger partial charge in [-0.05, 0) is 48.4 Å². The molecular formula is C21H25ClN2O. The van der Waals surface area contributed by atoms with Gasteiger partial charge in [0.1, 0.15) is 0 Å². The van der Waals surface area contributed by atoms with Gasteiger partial charge in [-0.25, -0.2) is 0 Å². The molecule has 0 radical (unpaired) electrons. The largest absolute Gasteiger partial charge is 0.342 e. The highest BCUT2D eigenvalue weighted by Gasteiger charge is 2.22. The number of nitrogens with zero attached hydrogens (tertiary/aromatic N) is 1. The summed E-state index contributed by atoms with van der Waals surface area (Å²) in [5.41, 5.74) is 2.54. The zero-order valence-corrected chi connectivity index (χ0v) is 15.2. The van der Waals surface area contributed by atoms with Gasteiger partial charge in [0.15, 0.2) is 0 Å². The van der Waals surface area contributed by atoms with E-state index in [1.54, 1.807) is 0 Å². The van der Waals surface area contributed by atoms with Gasteiger partial charge in [0.05, 0.1) is 6.54 Å². The van der Waals surface area contributed by atoms with Gasteiger partial charge < -0.3 is 10.2 Å². The molecule has 25 heavy (non-hydrogen) atoms. The van der Waals surface area contributed by atoms with Crippen LogP contribution in [0.4, 0.5) is 0 Å². The SMILES string of the molecule is O=C(CNCc1ccc(Cl)cc1)N1CCC(Cc2ccccc2)CC1. The minimum absolute atomic E-state index is 0.201. The maximum Gasteiger partial charge on any atom is 0.236 e. The average Bonchev–Trinajstić information content (AvgIpc) is 2.65. The van der Waals surface area contributed by atoms with E-state index in [9.17, 15) is 4.79 Å². The zero-order valence-electron chi connectivity index (χ0n) is 14.5. The van der Waals surface area contributed by atoms with Crippen molar-refractivity contribution in [2.75, 3.05) is 19.6 Å². The first kappa shape index (κ1) is 18.0. The van der Waals surface area contributed by atoms with Crippen molar-refractivity contribution >= 4 is 17.5 Å². The van der Waals surface area contributed by atoms with Gasteiger partial charge >= 0.3 is 0 Å². The van der Waals surface area contributed by atoms with Gasteiger partial charge in [0.25, 0.3) is 0 Å². The van der Waals surface area contributed by atoms with Gasteiger partial charge in [0.2, 0.25) is 5.91 Å². The van der Waals surface area contributed by atoms with Crippen molar-refractivity contribution in [3.63, 3.8) is 0 Å². The monoisotopic (exact) mass is 356 g/mol. The predicted molar refractivity (Wildman–Crippen MR) is 103 cm³/mol. The molecule has 0 unspecified atom stereocenters. The highest BCUT2D eigenvalue weighted by Crippen LogP contribution is 2.21. The number of carbonyl (C=O) groups excluding carboxylic acids is 1. The number of hydrogen-bond donors (Lipinski definition) is 1. The molecule has 1 fully saturated rings. The number of amides is 1. The Kier molecular flexibility index (Phi) is 6.48. The van der Waals surface area contributed by atoms with Gasteiger partial charge in [-0.1, -0.05) is 54.1 Å². The quantitative estimate of drug-likeness (QED) is 0.851. The number of hydrogen-bond acceptors (Lipinski definition) is 2. The minimum atomic E-state index is 0.201. The lowest BCUT2D eigenvalue weighted by molar-refractivity contribution is -0.131. The second-order valence-electron chi connectivity index (χ2n) is 6.74. The van der Waals surface area contributed by atoms with Crippen molar-refractivity contribution in [3.8, 4) is 0 Å². The van der Waals surface area contributed by atoms with Crippen LogP contribution < -0.4 is 5.32 Å². The van der Waals surface area contributed by atoms with Crippen molar-refractivity contribution in [1.29, 1.82) is 0 Å². The average molecular weight is 357 g/mol. The zero-order chi connectivity index (χ0) is 17.5. The standard InChI is InChI=1S/C21H25ClN2O/c22-20-8-6-19(7-9-20)15-23-16-21(25)24-12-10-18(11-13-24)14-17-4-2-1-3-5-17/h1-9,18,23H,10-16H2. The third kappa shape index (κ3) is 5.58. The molecule has 3 nitrogen and oxygen atoms in total. The van der Waals surface area contributed by atoms with E-state index in [1.165, 1.54) is 5.56 Å². The Bertz CT molecular complexity index is 664. The van der Waals surface area contributed by atoms with E-state index in [-0.39, 0.29) is 5.91 Å². The molecule has 132 valence electrons. The first-order valence-electron chi connectivity index (χ1n) is 8.97.